The van der Waals surface area contributed by atoms with Gasteiger partial charge in [0.05, 0.1) is 6.54 Å². The van der Waals surface area contributed by atoms with Gasteiger partial charge in [-0.15, -0.1) is 0 Å². The lowest BCUT2D eigenvalue weighted by atomic mass is 10.2. The molecule has 2 aromatic carbocycles. The minimum atomic E-state index is -0.354. The number of anilines is 2. The van der Waals surface area contributed by atoms with Crippen molar-refractivity contribution in [2.24, 2.45) is 0 Å². The van der Waals surface area contributed by atoms with Gasteiger partial charge < -0.3 is 5.32 Å². The lowest BCUT2D eigenvalue weighted by Gasteiger charge is -2.06. The van der Waals surface area contributed by atoms with E-state index in [9.17, 15) is 9.18 Å². The largest absolute Gasteiger partial charge is 0.324 e. The number of benzene rings is 2. The van der Waals surface area contributed by atoms with Crippen LogP contribution >= 0.6 is 0 Å². The molecule has 3 rings (SSSR count). The van der Waals surface area contributed by atoms with Gasteiger partial charge in [0.2, 0.25) is 0 Å². The highest BCUT2D eigenvalue weighted by Crippen LogP contribution is 2.11. The molecule has 0 fully saturated rings. The quantitative estimate of drug-likeness (QED) is 0.761. The molecule has 0 unspecified atom stereocenters. The van der Waals surface area contributed by atoms with E-state index < -0.39 is 0 Å². The third-order valence-corrected chi connectivity index (χ3v) is 3.42. The minimum Gasteiger partial charge on any atom is -0.308 e. The van der Waals surface area contributed by atoms with Crippen molar-refractivity contribution in [3.05, 3.63) is 77.7 Å². The molecule has 0 atom stereocenters. The smallest absolute Gasteiger partial charge is 0.308 e. The van der Waals surface area contributed by atoms with Gasteiger partial charge in [-0.3, -0.25) is 10.00 Å². The van der Waals surface area contributed by atoms with Crippen LogP contribution in [0.25, 0.3) is 0 Å². The molecule has 0 radical (unpaired) electrons. The van der Waals surface area contributed by atoms with Crippen molar-refractivity contribution >= 4 is 17.5 Å². The molecule has 1 aromatic heterocycles. The average molecular weight is 324 g/mol. The molecule has 0 aliphatic heterocycles. The van der Waals surface area contributed by atoms with E-state index in [1.807, 2.05) is 31.2 Å². The maximum Gasteiger partial charge on any atom is 0.324 e. The number of rotatable bonds is 4. The number of amides is 2. The van der Waals surface area contributed by atoms with Gasteiger partial charge in [0.15, 0.2) is 5.82 Å². The summed E-state index contributed by atoms with van der Waals surface area (Å²) in [6.07, 6.45) is 1.76. The Hall–Kier alpha value is -3.15. The van der Waals surface area contributed by atoms with Crippen molar-refractivity contribution in [3.8, 4) is 0 Å². The minimum absolute atomic E-state index is 0.269. The average Bonchev–Trinajstić information content (AvgIpc) is 2.96. The van der Waals surface area contributed by atoms with Crippen LogP contribution in [0.5, 0.6) is 0 Å². The normalized spacial score (nSPS) is 10.4. The van der Waals surface area contributed by atoms with Crippen LogP contribution in [0.3, 0.4) is 0 Å². The zero-order valence-corrected chi connectivity index (χ0v) is 13.2. The second-order valence-electron chi connectivity index (χ2n) is 5.47. The molecule has 0 aliphatic rings. The van der Waals surface area contributed by atoms with Crippen LogP contribution in [0.2, 0.25) is 0 Å². The van der Waals surface area contributed by atoms with Crippen molar-refractivity contribution in [1.29, 1.82) is 0 Å². The molecule has 0 saturated carbocycles. The second kappa shape index (κ2) is 6.95. The first-order valence-electron chi connectivity index (χ1n) is 7.51. The Kier molecular flexibility index (Phi) is 4.56. The summed E-state index contributed by atoms with van der Waals surface area (Å²) in [5.74, 6) is 0.177. The van der Waals surface area contributed by atoms with Crippen molar-refractivity contribution in [1.82, 2.24) is 9.78 Å². The Balaban J connectivity index is 1.59. The fourth-order valence-electron chi connectivity index (χ4n) is 2.29. The Morgan fingerprint density at radius 3 is 2.67 bits per heavy atom. The van der Waals surface area contributed by atoms with E-state index in [0.29, 0.717) is 12.4 Å². The number of hydrogen-bond acceptors (Lipinski definition) is 2. The number of nitrogens with one attached hydrogen (secondary N) is 2. The Morgan fingerprint density at radius 2 is 1.92 bits per heavy atom. The van der Waals surface area contributed by atoms with Gasteiger partial charge >= 0.3 is 6.03 Å². The summed E-state index contributed by atoms with van der Waals surface area (Å²) in [5.41, 5.74) is 2.71. The lowest BCUT2D eigenvalue weighted by molar-refractivity contribution is 0.262. The molecule has 2 amide bonds. The molecule has 0 bridgehead atoms. The van der Waals surface area contributed by atoms with Crippen LogP contribution in [-0.2, 0) is 6.54 Å². The Labute approximate surface area is 139 Å². The zero-order chi connectivity index (χ0) is 16.9. The summed E-state index contributed by atoms with van der Waals surface area (Å²) in [6.45, 7) is 2.46. The third kappa shape index (κ3) is 4.19. The molecule has 0 spiro atoms. The van der Waals surface area contributed by atoms with Crippen molar-refractivity contribution in [2.45, 2.75) is 13.5 Å². The number of nitrogens with zero attached hydrogens (tertiary/aromatic N) is 2. The Morgan fingerprint density at radius 1 is 1.12 bits per heavy atom. The molecule has 1 heterocycles. The highest BCUT2D eigenvalue weighted by molar-refractivity contribution is 5.99. The van der Waals surface area contributed by atoms with Crippen LogP contribution < -0.4 is 10.6 Å². The lowest BCUT2D eigenvalue weighted by Crippen LogP contribution is -2.19. The van der Waals surface area contributed by atoms with E-state index in [1.54, 1.807) is 29.1 Å². The van der Waals surface area contributed by atoms with Crippen molar-refractivity contribution in [2.75, 3.05) is 10.6 Å². The number of halogens is 1. The maximum absolute atomic E-state index is 12.9. The SMILES string of the molecule is Cc1cccc(NC(=O)Nc2ccn(Cc3ccc(F)cc3)n2)c1. The van der Waals surface area contributed by atoms with Crippen LogP contribution in [0.1, 0.15) is 11.1 Å². The van der Waals surface area contributed by atoms with Crippen molar-refractivity contribution in [3.63, 3.8) is 0 Å². The van der Waals surface area contributed by atoms with Crippen LogP contribution in [0.15, 0.2) is 60.8 Å². The molecule has 6 heteroatoms. The molecular formula is C18H17FN4O. The highest BCUT2D eigenvalue weighted by Gasteiger charge is 2.06. The number of hydrogen-bond donors (Lipinski definition) is 2. The predicted octanol–water partition coefficient (Wildman–Crippen LogP) is 4.02. The van der Waals surface area contributed by atoms with Crippen LogP contribution in [-0.4, -0.2) is 15.8 Å². The maximum atomic E-state index is 12.9. The number of aryl methyl sites for hydroxylation is 1. The van der Waals surface area contributed by atoms with Gasteiger partial charge in [-0.1, -0.05) is 24.3 Å². The summed E-state index contributed by atoms with van der Waals surface area (Å²) >= 11 is 0. The zero-order valence-electron chi connectivity index (χ0n) is 13.2. The van der Waals surface area contributed by atoms with E-state index >= 15 is 0 Å². The first kappa shape index (κ1) is 15.7. The first-order valence-corrected chi connectivity index (χ1v) is 7.51. The fraction of sp³-hybridized carbons (Fsp3) is 0.111. The number of urea groups is 1. The monoisotopic (exact) mass is 324 g/mol. The van der Waals surface area contributed by atoms with E-state index in [1.165, 1.54) is 12.1 Å². The van der Waals surface area contributed by atoms with Gasteiger partial charge in [-0.25, -0.2) is 9.18 Å². The van der Waals surface area contributed by atoms with Crippen LogP contribution in [0, 0.1) is 12.7 Å². The Bertz CT molecular complexity index is 842. The summed E-state index contributed by atoms with van der Waals surface area (Å²) in [5, 5.41) is 9.72. The van der Waals surface area contributed by atoms with Gasteiger partial charge in [0.25, 0.3) is 0 Å². The summed E-state index contributed by atoms with van der Waals surface area (Å²) < 4.78 is 14.6. The molecule has 122 valence electrons. The van der Waals surface area contributed by atoms with Crippen LogP contribution in [0.4, 0.5) is 20.7 Å². The fourth-order valence-corrected chi connectivity index (χ4v) is 2.29. The first-order chi connectivity index (χ1) is 11.6. The van der Waals surface area contributed by atoms with E-state index in [-0.39, 0.29) is 11.8 Å². The number of aromatic nitrogens is 2. The predicted molar refractivity (Wildman–Crippen MR) is 91.5 cm³/mol. The third-order valence-electron chi connectivity index (χ3n) is 3.42. The summed E-state index contributed by atoms with van der Waals surface area (Å²) in [6, 6.07) is 15.1. The second-order valence-corrected chi connectivity index (χ2v) is 5.47. The van der Waals surface area contributed by atoms with Gasteiger partial charge in [0, 0.05) is 18.0 Å². The van der Waals surface area contributed by atoms with Gasteiger partial charge in [0.1, 0.15) is 5.82 Å². The standard InChI is InChI=1S/C18H17FN4O/c1-13-3-2-4-16(11-13)20-18(24)21-17-9-10-23(22-17)12-14-5-7-15(19)8-6-14/h2-11H,12H2,1H3,(H2,20,21,22,24). The molecule has 2 N–H and O–H groups in total. The van der Waals surface area contributed by atoms with Gasteiger partial charge in [-0.2, -0.15) is 5.10 Å². The van der Waals surface area contributed by atoms with E-state index in [0.717, 1.165) is 16.8 Å². The van der Waals surface area contributed by atoms with Crippen molar-refractivity contribution < 1.29 is 9.18 Å². The summed E-state index contributed by atoms with van der Waals surface area (Å²) in [7, 11) is 0. The molecule has 0 aliphatic carbocycles. The van der Waals surface area contributed by atoms with E-state index in [2.05, 4.69) is 15.7 Å². The topological polar surface area (TPSA) is 59.0 Å². The summed E-state index contributed by atoms with van der Waals surface area (Å²) in [4.78, 5) is 12.0. The highest BCUT2D eigenvalue weighted by atomic mass is 19.1. The van der Waals surface area contributed by atoms with Gasteiger partial charge in [-0.05, 0) is 42.3 Å². The number of carbonyl (C=O) groups is 1. The molecular weight excluding hydrogens is 307 g/mol. The van der Waals surface area contributed by atoms with E-state index in [4.69, 9.17) is 0 Å². The molecule has 3 aromatic rings. The number of carbonyl (C=O) groups excluding carboxylic acids is 1. The molecule has 5 nitrogen and oxygen atoms in total. The molecule has 24 heavy (non-hydrogen) atoms. The molecule has 0 saturated heterocycles.